The molecular weight excluding hydrogens is 564 g/mol. The van der Waals surface area contributed by atoms with Crippen molar-refractivity contribution in [3.63, 3.8) is 0 Å². The molecule has 1 heterocycles. The van der Waals surface area contributed by atoms with Crippen molar-refractivity contribution in [3.05, 3.63) is 131 Å². The number of benzene rings is 4. The lowest BCUT2D eigenvalue weighted by molar-refractivity contribution is -0.253. The minimum Gasteiger partial charge on any atom is -0.392 e. The van der Waals surface area contributed by atoms with Crippen molar-refractivity contribution in [3.8, 4) is 0 Å². The number of hydrogen-bond acceptors (Lipinski definition) is 7. The van der Waals surface area contributed by atoms with Crippen LogP contribution < -0.4 is 4.72 Å². The molecule has 0 aliphatic carbocycles. The van der Waals surface area contributed by atoms with Gasteiger partial charge in [-0.1, -0.05) is 84.9 Å². The fraction of sp³-hybridized carbons (Fsp3) is 0.294. The zero-order valence-electron chi connectivity index (χ0n) is 24.3. The highest BCUT2D eigenvalue weighted by atomic mass is 32.2. The van der Waals surface area contributed by atoms with Gasteiger partial charge >= 0.3 is 0 Å². The summed E-state index contributed by atoms with van der Waals surface area (Å²) in [5, 5.41) is 20.5. The Kier molecular flexibility index (Phi) is 9.92. The smallest absolute Gasteiger partial charge is 0.261 e. The molecule has 0 unspecified atom stereocenters. The molecule has 4 aromatic rings. The van der Waals surface area contributed by atoms with Crippen LogP contribution in [0.25, 0.3) is 0 Å². The highest BCUT2D eigenvalue weighted by Gasteiger charge is 2.34. The van der Waals surface area contributed by atoms with Crippen LogP contribution in [0.3, 0.4) is 0 Å². The summed E-state index contributed by atoms with van der Waals surface area (Å²) in [7, 11) is -1.74. The largest absolute Gasteiger partial charge is 0.392 e. The molecule has 0 aromatic heterocycles. The van der Waals surface area contributed by atoms with E-state index in [2.05, 4.69) is 9.62 Å². The number of likely N-dealkylation sites (N-methyl/N-ethyl adjacent to an activating group) is 1. The summed E-state index contributed by atoms with van der Waals surface area (Å²) in [6.07, 6.45) is -1.23. The third-order valence-corrected chi connectivity index (χ3v) is 9.29. The first-order valence-corrected chi connectivity index (χ1v) is 15.8. The number of anilines is 1. The molecule has 5 atom stereocenters. The predicted octanol–water partition coefficient (Wildman–Crippen LogP) is 5.58. The zero-order chi connectivity index (χ0) is 30.4. The maximum atomic E-state index is 12.8. The number of nitrogens with zero attached hydrogens (tertiary/aromatic N) is 1. The van der Waals surface area contributed by atoms with Gasteiger partial charge in [0, 0.05) is 30.3 Å². The normalized spacial score (nSPS) is 20.4. The van der Waals surface area contributed by atoms with Crippen LogP contribution in [0.15, 0.2) is 114 Å². The second kappa shape index (κ2) is 13.8. The lowest BCUT2D eigenvalue weighted by atomic mass is 9.98. The van der Waals surface area contributed by atoms with Crippen LogP contribution in [0.5, 0.6) is 0 Å². The van der Waals surface area contributed by atoms with Gasteiger partial charge in [-0.25, -0.2) is 8.42 Å². The Morgan fingerprint density at radius 1 is 0.860 bits per heavy atom. The molecule has 3 N–H and O–H groups in total. The fourth-order valence-electron chi connectivity index (χ4n) is 5.21. The molecule has 0 spiro atoms. The Labute approximate surface area is 253 Å². The van der Waals surface area contributed by atoms with E-state index in [1.807, 2.05) is 68.6 Å². The fourth-order valence-corrected chi connectivity index (χ4v) is 6.29. The summed E-state index contributed by atoms with van der Waals surface area (Å²) in [6.45, 7) is 2.52. The minimum absolute atomic E-state index is 0.0348. The van der Waals surface area contributed by atoms with E-state index in [-0.39, 0.29) is 29.8 Å². The lowest BCUT2D eigenvalue weighted by Crippen LogP contribution is -2.43. The number of rotatable bonds is 11. The summed E-state index contributed by atoms with van der Waals surface area (Å²) >= 11 is 0. The summed E-state index contributed by atoms with van der Waals surface area (Å²) in [5.41, 5.74) is 3.84. The maximum Gasteiger partial charge on any atom is 0.261 e. The highest BCUT2D eigenvalue weighted by molar-refractivity contribution is 7.92. The summed E-state index contributed by atoms with van der Waals surface area (Å²) in [4.78, 5) is 2.28. The Hall–Kier alpha value is -3.57. The zero-order valence-corrected chi connectivity index (χ0v) is 25.1. The van der Waals surface area contributed by atoms with E-state index >= 15 is 0 Å². The quantitative estimate of drug-likeness (QED) is 0.206. The third-order valence-electron chi connectivity index (χ3n) is 7.89. The molecule has 1 aliphatic heterocycles. The van der Waals surface area contributed by atoms with Gasteiger partial charge in [0.15, 0.2) is 6.29 Å². The summed E-state index contributed by atoms with van der Waals surface area (Å²) in [6, 6.07) is 32.4. The average molecular weight is 603 g/mol. The monoisotopic (exact) mass is 602 g/mol. The molecule has 0 radical (unpaired) electrons. The highest BCUT2D eigenvalue weighted by Crippen LogP contribution is 2.39. The molecule has 0 saturated carbocycles. The molecule has 1 fully saturated rings. The number of aliphatic hydroxyl groups excluding tert-OH is 2. The summed E-state index contributed by atoms with van der Waals surface area (Å²) in [5.74, 6) is 0. The van der Waals surface area contributed by atoms with E-state index < -0.39 is 22.4 Å². The molecule has 1 aliphatic rings. The average Bonchev–Trinajstić information content (AvgIpc) is 3.05. The third kappa shape index (κ3) is 7.69. The Balaban J connectivity index is 1.33. The predicted molar refractivity (Wildman–Crippen MR) is 166 cm³/mol. The van der Waals surface area contributed by atoms with Crippen LogP contribution in [0.2, 0.25) is 0 Å². The van der Waals surface area contributed by atoms with Crippen molar-refractivity contribution < 1.29 is 28.1 Å². The second-order valence-corrected chi connectivity index (χ2v) is 12.6. The number of hydrogen-bond donors (Lipinski definition) is 3. The van der Waals surface area contributed by atoms with Crippen LogP contribution in [0, 0.1) is 0 Å². The second-order valence-electron chi connectivity index (χ2n) is 10.9. The minimum atomic E-state index is -3.72. The Morgan fingerprint density at radius 2 is 1.47 bits per heavy atom. The van der Waals surface area contributed by atoms with E-state index in [1.54, 1.807) is 54.6 Å². The van der Waals surface area contributed by atoms with E-state index in [9.17, 15) is 18.6 Å². The first kappa shape index (κ1) is 30.9. The molecule has 0 bridgehead atoms. The van der Waals surface area contributed by atoms with Gasteiger partial charge in [-0.05, 0) is 54.9 Å². The van der Waals surface area contributed by atoms with Gasteiger partial charge in [-0.3, -0.25) is 9.62 Å². The standard InChI is InChI=1S/C34H38N2O6S/c1-24(33(38)27-9-5-3-6-10-27)36(2)22-30-21-32(26-15-13-25(23-37)14-16-26)42-34(41-30)28-17-19-29(20-18-28)35-43(39,40)31-11-7-4-8-12-31/h3-20,24,30,32-35,37-38H,21-23H2,1-2H3/t24-,30-,32+,33-,34+/m1/s1. The Bertz CT molecular complexity index is 1550. The van der Waals surface area contributed by atoms with E-state index in [0.717, 1.165) is 22.3 Å². The van der Waals surface area contributed by atoms with Crippen molar-refractivity contribution in [2.24, 2.45) is 0 Å². The van der Waals surface area contributed by atoms with Gasteiger partial charge in [0.2, 0.25) is 0 Å². The lowest BCUT2D eigenvalue weighted by Gasteiger charge is -2.39. The molecule has 4 aromatic carbocycles. The van der Waals surface area contributed by atoms with Crippen molar-refractivity contribution in [2.45, 2.75) is 55.5 Å². The van der Waals surface area contributed by atoms with Crippen molar-refractivity contribution >= 4 is 15.7 Å². The van der Waals surface area contributed by atoms with Crippen LogP contribution in [-0.2, 0) is 26.1 Å². The van der Waals surface area contributed by atoms with Gasteiger partial charge in [0.1, 0.15) is 0 Å². The first-order valence-electron chi connectivity index (χ1n) is 14.3. The summed E-state index contributed by atoms with van der Waals surface area (Å²) < 4.78 is 41.1. The van der Waals surface area contributed by atoms with Crippen molar-refractivity contribution in [2.75, 3.05) is 18.3 Å². The number of aliphatic hydroxyl groups is 2. The molecular formula is C34H38N2O6S. The van der Waals surface area contributed by atoms with Crippen molar-refractivity contribution in [1.29, 1.82) is 0 Å². The van der Waals surface area contributed by atoms with Gasteiger partial charge in [0.05, 0.1) is 29.8 Å². The van der Waals surface area contributed by atoms with Gasteiger partial charge < -0.3 is 19.7 Å². The van der Waals surface area contributed by atoms with E-state index in [1.165, 1.54) is 0 Å². The molecule has 226 valence electrons. The number of ether oxygens (including phenoxy) is 2. The molecule has 43 heavy (non-hydrogen) atoms. The molecule has 8 nitrogen and oxygen atoms in total. The molecule has 0 amide bonds. The topological polar surface area (TPSA) is 108 Å². The SMILES string of the molecule is C[C@H]([C@@H](O)c1ccccc1)N(C)C[C@H]1C[C@@H](c2ccc(CO)cc2)O[C@@H](c2ccc(NS(=O)(=O)c3ccccc3)cc2)O1. The molecule has 1 saturated heterocycles. The Morgan fingerprint density at radius 3 is 2.09 bits per heavy atom. The van der Waals surface area contributed by atoms with Crippen LogP contribution in [0.4, 0.5) is 5.69 Å². The van der Waals surface area contributed by atoms with Gasteiger partial charge in [-0.15, -0.1) is 0 Å². The molecule has 5 rings (SSSR count). The first-order chi connectivity index (χ1) is 20.7. The van der Waals surface area contributed by atoms with Crippen LogP contribution >= 0.6 is 0 Å². The number of sulfonamides is 1. The maximum absolute atomic E-state index is 12.8. The van der Waals surface area contributed by atoms with Gasteiger partial charge in [-0.2, -0.15) is 0 Å². The van der Waals surface area contributed by atoms with Crippen molar-refractivity contribution in [1.82, 2.24) is 4.90 Å². The van der Waals surface area contributed by atoms with Gasteiger partial charge in [0.25, 0.3) is 10.0 Å². The van der Waals surface area contributed by atoms with Crippen LogP contribution in [-0.4, -0.2) is 49.3 Å². The number of nitrogens with one attached hydrogen (secondary N) is 1. The van der Waals surface area contributed by atoms with E-state index in [4.69, 9.17) is 9.47 Å². The van der Waals surface area contributed by atoms with Crippen LogP contribution in [0.1, 0.15) is 54.1 Å². The van der Waals surface area contributed by atoms with E-state index in [0.29, 0.717) is 18.7 Å². The molecule has 9 heteroatoms.